The molecule has 1 atom stereocenters. The Morgan fingerprint density at radius 3 is 2.30 bits per heavy atom. The van der Waals surface area contributed by atoms with Crippen LogP contribution in [0.15, 0.2) is 54.6 Å². The lowest BCUT2D eigenvalue weighted by Gasteiger charge is -2.33. The SMILES string of the molecule is CCOc1ccc(C(=O)NC(C(=O)NC2CCN(CCc3ccccc3)CC2)C(C)C)cc1. The first-order valence-corrected chi connectivity index (χ1v) is 12.1. The van der Waals surface area contributed by atoms with Crippen LogP contribution >= 0.6 is 0 Å². The lowest BCUT2D eigenvalue weighted by atomic mass is 10.00. The summed E-state index contributed by atoms with van der Waals surface area (Å²) in [5.41, 5.74) is 1.87. The Kier molecular flexibility index (Phi) is 9.31. The second-order valence-electron chi connectivity index (χ2n) is 9.01. The van der Waals surface area contributed by atoms with E-state index in [1.54, 1.807) is 24.3 Å². The minimum absolute atomic E-state index is 0.0115. The van der Waals surface area contributed by atoms with Crippen LogP contribution in [0.2, 0.25) is 0 Å². The maximum Gasteiger partial charge on any atom is 0.251 e. The van der Waals surface area contributed by atoms with Gasteiger partial charge in [0.25, 0.3) is 5.91 Å². The van der Waals surface area contributed by atoms with E-state index in [0.717, 1.165) is 44.6 Å². The number of rotatable bonds is 10. The fourth-order valence-corrected chi connectivity index (χ4v) is 4.15. The Labute approximate surface area is 197 Å². The summed E-state index contributed by atoms with van der Waals surface area (Å²) >= 11 is 0. The Bertz CT molecular complexity index is 875. The summed E-state index contributed by atoms with van der Waals surface area (Å²) < 4.78 is 5.43. The van der Waals surface area contributed by atoms with Crippen LogP contribution in [0.4, 0.5) is 0 Å². The number of benzene rings is 2. The molecule has 0 aromatic heterocycles. The molecule has 1 saturated heterocycles. The molecule has 2 N–H and O–H groups in total. The smallest absolute Gasteiger partial charge is 0.251 e. The van der Waals surface area contributed by atoms with E-state index in [-0.39, 0.29) is 23.8 Å². The first-order valence-electron chi connectivity index (χ1n) is 12.1. The first kappa shape index (κ1) is 24.8. The molecule has 0 radical (unpaired) electrons. The van der Waals surface area contributed by atoms with Crippen molar-refractivity contribution in [3.8, 4) is 5.75 Å². The number of hydrogen-bond acceptors (Lipinski definition) is 4. The molecule has 1 heterocycles. The molecule has 33 heavy (non-hydrogen) atoms. The van der Waals surface area contributed by atoms with Crippen molar-refractivity contribution in [1.82, 2.24) is 15.5 Å². The van der Waals surface area contributed by atoms with Gasteiger partial charge < -0.3 is 20.3 Å². The number of carbonyl (C=O) groups is 2. The minimum Gasteiger partial charge on any atom is -0.494 e. The van der Waals surface area contributed by atoms with Gasteiger partial charge >= 0.3 is 0 Å². The Hall–Kier alpha value is -2.86. The van der Waals surface area contributed by atoms with Crippen molar-refractivity contribution >= 4 is 11.8 Å². The molecule has 3 rings (SSSR count). The molecule has 1 aliphatic heterocycles. The van der Waals surface area contributed by atoms with E-state index in [1.165, 1.54) is 5.56 Å². The van der Waals surface area contributed by atoms with Crippen molar-refractivity contribution in [2.24, 2.45) is 5.92 Å². The van der Waals surface area contributed by atoms with Gasteiger partial charge in [-0.3, -0.25) is 9.59 Å². The molecule has 0 spiro atoms. The maximum absolute atomic E-state index is 13.0. The van der Waals surface area contributed by atoms with Gasteiger partial charge in [0, 0.05) is 31.2 Å². The van der Waals surface area contributed by atoms with Crippen LogP contribution in [0.3, 0.4) is 0 Å². The molecule has 0 saturated carbocycles. The van der Waals surface area contributed by atoms with Crippen molar-refractivity contribution in [3.63, 3.8) is 0 Å². The van der Waals surface area contributed by atoms with Gasteiger partial charge in [0.2, 0.25) is 5.91 Å². The molecule has 1 unspecified atom stereocenters. The predicted molar refractivity (Wildman–Crippen MR) is 131 cm³/mol. The lowest BCUT2D eigenvalue weighted by Crippen LogP contribution is -2.54. The van der Waals surface area contributed by atoms with Crippen LogP contribution in [0, 0.1) is 5.92 Å². The molecule has 2 aromatic rings. The zero-order chi connectivity index (χ0) is 23.6. The van der Waals surface area contributed by atoms with Crippen molar-refractivity contribution in [2.75, 3.05) is 26.2 Å². The van der Waals surface area contributed by atoms with Gasteiger partial charge in [-0.05, 0) is 61.9 Å². The average Bonchev–Trinajstić information content (AvgIpc) is 2.83. The van der Waals surface area contributed by atoms with Crippen LogP contribution in [-0.4, -0.2) is 55.0 Å². The highest BCUT2D eigenvalue weighted by Crippen LogP contribution is 2.15. The normalized spacial score (nSPS) is 15.8. The molecule has 6 heteroatoms. The van der Waals surface area contributed by atoms with Gasteiger partial charge in [0.05, 0.1) is 6.61 Å². The highest BCUT2D eigenvalue weighted by molar-refractivity contribution is 5.97. The van der Waals surface area contributed by atoms with Gasteiger partial charge in [0.1, 0.15) is 11.8 Å². The maximum atomic E-state index is 13.0. The molecule has 0 bridgehead atoms. The summed E-state index contributed by atoms with van der Waals surface area (Å²) in [6.45, 7) is 9.39. The van der Waals surface area contributed by atoms with E-state index < -0.39 is 6.04 Å². The number of piperidine rings is 1. The second-order valence-corrected chi connectivity index (χ2v) is 9.01. The lowest BCUT2D eigenvalue weighted by molar-refractivity contribution is -0.125. The second kappa shape index (κ2) is 12.4. The van der Waals surface area contributed by atoms with E-state index in [1.807, 2.05) is 26.8 Å². The van der Waals surface area contributed by atoms with Crippen LogP contribution < -0.4 is 15.4 Å². The number of nitrogens with one attached hydrogen (secondary N) is 2. The Balaban J connectivity index is 1.46. The number of carbonyl (C=O) groups excluding carboxylic acids is 2. The molecule has 6 nitrogen and oxygen atoms in total. The van der Waals surface area contributed by atoms with Gasteiger partial charge in [-0.25, -0.2) is 0 Å². The van der Waals surface area contributed by atoms with Crippen LogP contribution in [0.25, 0.3) is 0 Å². The molecular formula is C27H37N3O3. The highest BCUT2D eigenvalue weighted by Gasteiger charge is 2.28. The average molecular weight is 452 g/mol. The number of nitrogens with zero attached hydrogens (tertiary/aromatic N) is 1. The largest absolute Gasteiger partial charge is 0.494 e. The Morgan fingerprint density at radius 1 is 1.03 bits per heavy atom. The van der Waals surface area contributed by atoms with Crippen molar-refractivity contribution < 1.29 is 14.3 Å². The molecule has 2 amide bonds. The van der Waals surface area contributed by atoms with Gasteiger partial charge in [-0.15, -0.1) is 0 Å². The van der Waals surface area contributed by atoms with Crippen molar-refractivity contribution in [3.05, 3.63) is 65.7 Å². The quantitative estimate of drug-likeness (QED) is 0.578. The van der Waals surface area contributed by atoms with E-state index in [0.29, 0.717) is 12.2 Å². The summed E-state index contributed by atoms with van der Waals surface area (Å²) in [5.74, 6) is 0.361. The van der Waals surface area contributed by atoms with Crippen LogP contribution in [-0.2, 0) is 11.2 Å². The Morgan fingerprint density at radius 2 is 1.70 bits per heavy atom. The van der Waals surface area contributed by atoms with E-state index >= 15 is 0 Å². The number of amides is 2. The summed E-state index contributed by atoms with van der Waals surface area (Å²) in [5, 5.41) is 6.10. The first-order chi connectivity index (χ1) is 16.0. The summed E-state index contributed by atoms with van der Waals surface area (Å²) in [7, 11) is 0. The van der Waals surface area contributed by atoms with Crippen LogP contribution in [0.5, 0.6) is 5.75 Å². The third-order valence-corrected chi connectivity index (χ3v) is 6.16. The third-order valence-electron chi connectivity index (χ3n) is 6.16. The van der Waals surface area contributed by atoms with E-state index in [4.69, 9.17) is 4.74 Å². The summed E-state index contributed by atoms with van der Waals surface area (Å²) in [4.78, 5) is 28.2. The standard InChI is InChI=1S/C27H37N3O3/c1-4-33-24-12-10-22(11-13-24)26(31)29-25(20(2)3)27(32)28-23-15-18-30(19-16-23)17-14-21-8-6-5-7-9-21/h5-13,20,23,25H,4,14-19H2,1-3H3,(H,28,32)(H,29,31). The predicted octanol–water partition coefficient (Wildman–Crippen LogP) is 3.66. The van der Waals surface area contributed by atoms with Crippen molar-refractivity contribution in [2.45, 2.75) is 52.1 Å². The summed E-state index contributed by atoms with van der Waals surface area (Å²) in [6.07, 6.45) is 2.90. The van der Waals surface area contributed by atoms with E-state index in [2.05, 4.69) is 39.8 Å². The number of hydrogen-bond donors (Lipinski definition) is 2. The van der Waals surface area contributed by atoms with Gasteiger partial charge in [0.15, 0.2) is 0 Å². The molecule has 1 aliphatic rings. The molecule has 0 aliphatic carbocycles. The summed E-state index contributed by atoms with van der Waals surface area (Å²) in [6, 6.07) is 17.1. The minimum atomic E-state index is -0.569. The molecule has 2 aromatic carbocycles. The highest BCUT2D eigenvalue weighted by atomic mass is 16.5. The zero-order valence-corrected chi connectivity index (χ0v) is 20.0. The fraction of sp³-hybridized carbons (Fsp3) is 0.481. The fourth-order valence-electron chi connectivity index (χ4n) is 4.15. The zero-order valence-electron chi connectivity index (χ0n) is 20.0. The number of ether oxygens (including phenoxy) is 1. The van der Waals surface area contributed by atoms with Crippen LogP contribution in [0.1, 0.15) is 49.5 Å². The number of likely N-dealkylation sites (tertiary alicyclic amines) is 1. The molecule has 178 valence electrons. The van der Waals surface area contributed by atoms with Gasteiger partial charge in [-0.1, -0.05) is 44.2 Å². The molecule has 1 fully saturated rings. The molecular weight excluding hydrogens is 414 g/mol. The topological polar surface area (TPSA) is 70.7 Å². The monoisotopic (exact) mass is 451 g/mol. The van der Waals surface area contributed by atoms with E-state index in [9.17, 15) is 9.59 Å². The van der Waals surface area contributed by atoms with Gasteiger partial charge in [-0.2, -0.15) is 0 Å². The van der Waals surface area contributed by atoms with Crippen molar-refractivity contribution in [1.29, 1.82) is 0 Å². The third kappa shape index (κ3) is 7.60.